The summed E-state index contributed by atoms with van der Waals surface area (Å²) in [6.07, 6.45) is 3.33. The van der Waals surface area contributed by atoms with E-state index in [1.54, 1.807) is 12.1 Å². The summed E-state index contributed by atoms with van der Waals surface area (Å²) in [6, 6.07) is 13.8. The van der Waals surface area contributed by atoms with Crippen LogP contribution < -0.4 is 9.88 Å². The first-order valence-electron chi connectivity index (χ1n) is 10.2. The minimum absolute atomic E-state index is 0.00290. The van der Waals surface area contributed by atoms with E-state index in [9.17, 15) is 5.26 Å². The lowest BCUT2D eigenvalue weighted by Gasteiger charge is -2.11. The van der Waals surface area contributed by atoms with Gasteiger partial charge in [-0.25, -0.2) is 0 Å². The molecule has 0 fully saturated rings. The van der Waals surface area contributed by atoms with Crippen molar-refractivity contribution in [2.75, 3.05) is 12.4 Å². The lowest BCUT2D eigenvalue weighted by Crippen LogP contribution is -2.06. The molecule has 1 heterocycles. The van der Waals surface area contributed by atoms with Crippen LogP contribution in [-0.4, -0.2) is 33.7 Å². The van der Waals surface area contributed by atoms with Crippen LogP contribution in [0.3, 0.4) is 0 Å². The molecule has 3 N–H and O–H groups in total. The first kappa shape index (κ1) is 22.8. The number of nitrogens with zero attached hydrogens (tertiary/aromatic N) is 3. The van der Waals surface area contributed by atoms with Crippen molar-refractivity contribution in [1.82, 2.24) is 10.1 Å². The Morgan fingerprint density at radius 2 is 2.13 bits per heavy atom. The second-order valence-corrected chi connectivity index (χ2v) is 8.05. The average molecular weight is 439 g/mol. The number of benzene rings is 2. The zero-order valence-electron chi connectivity index (χ0n) is 17.7. The van der Waals surface area contributed by atoms with Gasteiger partial charge in [0.1, 0.15) is 11.8 Å². The van der Waals surface area contributed by atoms with Gasteiger partial charge in [0.2, 0.25) is 5.82 Å². The van der Waals surface area contributed by atoms with E-state index in [0.29, 0.717) is 34.3 Å². The number of nitrogens with two attached hydrogens (primary N) is 1. The van der Waals surface area contributed by atoms with Crippen LogP contribution in [0.15, 0.2) is 40.9 Å². The molecule has 0 spiro atoms. The van der Waals surface area contributed by atoms with E-state index in [0.717, 1.165) is 30.4 Å². The molecule has 0 saturated heterocycles. The zero-order chi connectivity index (χ0) is 22.2. The Hall–Kier alpha value is -2.86. The highest BCUT2D eigenvalue weighted by molar-refractivity contribution is 7.97. The Morgan fingerprint density at radius 3 is 2.81 bits per heavy atom. The molecule has 1 aromatic heterocycles. The van der Waals surface area contributed by atoms with Crippen molar-refractivity contribution in [3.05, 3.63) is 53.1 Å². The summed E-state index contributed by atoms with van der Waals surface area (Å²) in [7, 11) is 0. The molecule has 7 nitrogen and oxygen atoms in total. The van der Waals surface area contributed by atoms with Gasteiger partial charge in [0.25, 0.3) is 5.89 Å². The highest BCUT2D eigenvalue weighted by Gasteiger charge is 2.19. The van der Waals surface area contributed by atoms with Gasteiger partial charge in [-0.2, -0.15) is 10.2 Å². The van der Waals surface area contributed by atoms with E-state index in [2.05, 4.69) is 22.3 Å². The molecular weight excluding hydrogens is 412 g/mol. The molecule has 162 valence electrons. The van der Waals surface area contributed by atoms with Gasteiger partial charge in [0, 0.05) is 16.9 Å². The number of fused-ring (bicyclic) bond motifs is 1. The zero-order valence-corrected chi connectivity index (χ0v) is 18.5. The topological polar surface area (TPSA) is 118 Å². The van der Waals surface area contributed by atoms with Crippen molar-refractivity contribution in [3.8, 4) is 34.7 Å². The molecule has 0 atom stereocenters. The van der Waals surface area contributed by atoms with Crippen molar-refractivity contribution >= 4 is 11.9 Å². The predicted molar refractivity (Wildman–Crippen MR) is 121 cm³/mol. The van der Waals surface area contributed by atoms with Gasteiger partial charge in [-0.1, -0.05) is 35.3 Å². The fourth-order valence-electron chi connectivity index (χ4n) is 3.44. The molecule has 0 radical (unpaired) electrons. The minimum Gasteiger partial charge on any atom is -0.490 e. The summed E-state index contributed by atoms with van der Waals surface area (Å²) in [5.41, 5.74) is 4.89. The minimum atomic E-state index is 0.00290. The first-order valence-corrected chi connectivity index (χ1v) is 11.2. The van der Waals surface area contributed by atoms with Gasteiger partial charge in [-0.3, -0.25) is 5.14 Å². The Labute approximate surface area is 186 Å². The maximum atomic E-state index is 9.40. The largest absolute Gasteiger partial charge is 0.490 e. The molecule has 0 aliphatic heterocycles. The first-order chi connectivity index (χ1) is 15.1. The maximum absolute atomic E-state index is 9.40. The van der Waals surface area contributed by atoms with Crippen molar-refractivity contribution in [3.63, 3.8) is 0 Å². The smallest absolute Gasteiger partial charge is 0.258 e. The van der Waals surface area contributed by atoms with Crippen LogP contribution in [0.1, 0.15) is 37.0 Å². The molecule has 3 aromatic rings. The van der Waals surface area contributed by atoms with Crippen LogP contribution in [0, 0.1) is 11.3 Å². The molecule has 1 aliphatic rings. The predicted octanol–water partition coefficient (Wildman–Crippen LogP) is 4.14. The molecule has 31 heavy (non-hydrogen) atoms. The van der Waals surface area contributed by atoms with Gasteiger partial charge in [0.05, 0.1) is 18.3 Å². The van der Waals surface area contributed by atoms with Crippen molar-refractivity contribution in [2.24, 2.45) is 5.14 Å². The second-order valence-electron chi connectivity index (χ2n) is 7.30. The molecule has 0 unspecified atom stereocenters. The van der Waals surface area contributed by atoms with E-state index in [1.165, 1.54) is 17.5 Å². The number of ether oxygens (including phenoxy) is 1. The molecule has 0 amide bonds. The molecule has 0 bridgehead atoms. The van der Waals surface area contributed by atoms with Crippen molar-refractivity contribution < 1.29 is 14.4 Å². The molecule has 2 aromatic carbocycles. The average Bonchev–Trinajstić information content (AvgIpc) is 3.44. The van der Waals surface area contributed by atoms with E-state index in [-0.39, 0.29) is 12.7 Å². The number of rotatable bonds is 6. The lowest BCUT2D eigenvalue weighted by molar-refractivity contribution is 0.241. The highest BCUT2D eigenvalue weighted by Crippen LogP contribution is 2.32. The van der Waals surface area contributed by atoms with Crippen LogP contribution in [-0.2, 0) is 12.8 Å². The quantitative estimate of drug-likeness (QED) is 0.551. The molecule has 4 rings (SSSR count). The lowest BCUT2D eigenvalue weighted by atomic mass is 10.0. The summed E-state index contributed by atoms with van der Waals surface area (Å²) in [4.78, 5) is 4.57. The van der Waals surface area contributed by atoms with Crippen LogP contribution in [0.5, 0.6) is 5.75 Å². The van der Waals surface area contributed by atoms with E-state index < -0.39 is 0 Å². The van der Waals surface area contributed by atoms with Crippen LogP contribution in [0.25, 0.3) is 22.8 Å². The summed E-state index contributed by atoms with van der Waals surface area (Å²) in [5.74, 6) is 2.20. The standard InChI is InChI=1S/C21H19N3O2.C2H7NOS/c1-13(2)25-19-10-9-15(11-16(19)12-22)21-23-20(24-26-21)18-8-4-6-14-5-3-7-17(14)18;3-5-2-1-4/h4,6,8-11,13H,3,5,7H2,1-2H3;4H,1-3H2. The summed E-state index contributed by atoms with van der Waals surface area (Å²) >= 11 is 1.15. The third kappa shape index (κ3) is 5.64. The monoisotopic (exact) mass is 438 g/mol. The van der Waals surface area contributed by atoms with Crippen LogP contribution >= 0.6 is 11.9 Å². The van der Waals surface area contributed by atoms with Crippen LogP contribution in [0.2, 0.25) is 0 Å². The summed E-state index contributed by atoms with van der Waals surface area (Å²) < 4.78 is 11.1. The number of aliphatic hydroxyl groups is 1. The number of hydrogen-bond donors (Lipinski definition) is 2. The fourth-order valence-corrected chi connectivity index (χ4v) is 3.54. The van der Waals surface area contributed by atoms with E-state index in [4.69, 9.17) is 19.5 Å². The van der Waals surface area contributed by atoms with Crippen molar-refractivity contribution in [1.29, 1.82) is 5.26 Å². The maximum Gasteiger partial charge on any atom is 0.258 e. The molecule has 8 heteroatoms. The number of aryl methyl sites for hydroxylation is 1. The Bertz CT molecular complexity index is 1060. The molecule has 0 saturated carbocycles. The van der Waals surface area contributed by atoms with Gasteiger partial charge in [-0.15, -0.1) is 0 Å². The van der Waals surface area contributed by atoms with Gasteiger partial charge >= 0.3 is 0 Å². The van der Waals surface area contributed by atoms with Gasteiger partial charge in [-0.05, 0) is 62.4 Å². The Kier molecular flexibility index (Phi) is 8.06. The summed E-state index contributed by atoms with van der Waals surface area (Å²) in [5, 5.41) is 26.4. The number of aliphatic hydroxyl groups excluding tert-OH is 1. The Balaban J connectivity index is 0.000000491. The number of hydrogen-bond acceptors (Lipinski definition) is 8. The normalized spacial score (nSPS) is 12.1. The Morgan fingerprint density at radius 1 is 1.29 bits per heavy atom. The molecular formula is C23H26N4O3S. The third-order valence-corrected chi connectivity index (χ3v) is 5.15. The fraction of sp³-hybridized carbons (Fsp3) is 0.348. The van der Waals surface area contributed by atoms with Crippen molar-refractivity contribution in [2.45, 2.75) is 39.2 Å². The SMILES string of the molecule is CC(C)Oc1ccc(-c2nc(-c3cccc4c3CCC4)no2)cc1C#N.NSCCO. The molecule has 1 aliphatic carbocycles. The second kappa shape index (κ2) is 11.0. The van der Waals surface area contributed by atoms with Crippen LogP contribution in [0.4, 0.5) is 0 Å². The summed E-state index contributed by atoms with van der Waals surface area (Å²) in [6.45, 7) is 4.04. The number of nitriles is 1. The van der Waals surface area contributed by atoms with E-state index >= 15 is 0 Å². The van der Waals surface area contributed by atoms with Gasteiger partial charge < -0.3 is 14.4 Å². The van der Waals surface area contributed by atoms with E-state index in [1.807, 2.05) is 32.0 Å². The highest BCUT2D eigenvalue weighted by atomic mass is 32.2. The third-order valence-electron chi connectivity index (χ3n) is 4.73. The van der Waals surface area contributed by atoms with Gasteiger partial charge in [0.15, 0.2) is 0 Å². The number of aromatic nitrogens is 2.